The van der Waals surface area contributed by atoms with Gasteiger partial charge in [-0.2, -0.15) is 0 Å². The monoisotopic (exact) mass is 295 g/mol. The number of halogens is 2. The summed E-state index contributed by atoms with van der Waals surface area (Å²) in [5.41, 5.74) is 0.747. The molecular weight excluding hydrogens is 285 g/mol. The Morgan fingerprint density at radius 2 is 2.00 bits per heavy atom. The predicted molar refractivity (Wildman–Crippen MR) is 74.8 cm³/mol. The Labute approximate surface area is 119 Å². The Morgan fingerprint density at radius 3 is 2.65 bits per heavy atom. The van der Waals surface area contributed by atoms with Crippen molar-refractivity contribution < 1.29 is 13.9 Å². The molecule has 0 saturated carbocycles. The third-order valence-electron chi connectivity index (χ3n) is 2.35. The highest BCUT2D eigenvalue weighted by Crippen LogP contribution is 2.20. The number of aromatic nitrogens is 1. The molecule has 2 N–H and O–H groups in total. The molecule has 0 aliphatic heterocycles. The molecule has 2 amide bonds. The van der Waals surface area contributed by atoms with Crippen LogP contribution in [0.1, 0.15) is 0 Å². The maximum atomic E-state index is 13.3. The maximum absolute atomic E-state index is 13.3. The number of hydrogen-bond donors (Lipinski definition) is 2. The Morgan fingerprint density at radius 1 is 1.25 bits per heavy atom. The van der Waals surface area contributed by atoms with Gasteiger partial charge in [-0.1, -0.05) is 11.6 Å². The first-order valence-electron chi connectivity index (χ1n) is 5.61. The van der Waals surface area contributed by atoms with Gasteiger partial charge < -0.3 is 15.4 Å². The van der Waals surface area contributed by atoms with Gasteiger partial charge >= 0.3 is 6.03 Å². The van der Waals surface area contributed by atoms with Crippen LogP contribution >= 0.6 is 11.6 Å². The fraction of sp³-hybridized carbons (Fsp3) is 0.0769. The summed E-state index contributed by atoms with van der Waals surface area (Å²) in [6, 6.07) is 6.52. The molecule has 0 aliphatic rings. The molecule has 0 saturated heterocycles. The molecule has 0 fully saturated rings. The summed E-state index contributed by atoms with van der Waals surface area (Å²) in [5, 5.41) is 5.35. The maximum Gasteiger partial charge on any atom is 0.323 e. The third kappa shape index (κ3) is 3.83. The van der Waals surface area contributed by atoms with E-state index < -0.39 is 11.8 Å². The van der Waals surface area contributed by atoms with Crippen molar-refractivity contribution >= 4 is 29.0 Å². The largest absolute Gasteiger partial charge is 0.497 e. The number of rotatable bonds is 3. The lowest BCUT2D eigenvalue weighted by Gasteiger charge is -2.09. The predicted octanol–water partition coefficient (Wildman–Crippen LogP) is 3.53. The van der Waals surface area contributed by atoms with Gasteiger partial charge in [-0.3, -0.25) is 0 Å². The number of nitrogens with zero attached hydrogens (tertiary/aromatic N) is 1. The number of nitrogens with one attached hydrogen (secondary N) is 2. The van der Waals surface area contributed by atoms with Crippen LogP contribution in [0.2, 0.25) is 5.15 Å². The fourth-order valence-electron chi connectivity index (χ4n) is 1.50. The number of hydrogen-bond acceptors (Lipinski definition) is 3. The first-order chi connectivity index (χ1) is 9.56. The number of carbonyl (C=O) groups excluding carboxylic acids is 1. The van der Waals surface area contributed by atoms with E-state index in [1.54, 1.807) is 12.1 Å². The molecule has 1 heterocycles. The molecule has 0 aliphatic carbocycles. The summed E-state index contributed by atoms with van der Waals surface area (Å²) in [4.78, 5) is 15.6. The van der Waals surface area contributed by atoms with Crippen LogP contribution in [0, 0.1) is 5.82 Å². The molecule has 0 radical (unpaired) electrons. The van der Waals surface area contributed by atoms with Crippen molar-refractivity contribution in [3.8, 4) is 5.75 Å². The SMILES string of the molecule is COc1cc(F)cc(NC(=O)Nc2ccc(Cl)nc2)c1. The first kappa shape index (κ1) is 14.1. The van der Waals surface area contributed by atoms with Crippen molar-refractivity contribution in [3.05, 3.63) is 47.5 Å². The Balaban J connectivity index is 2.04. The van der Waals surface area contributed by atoms with Gasteiger partial charge in [0.2, 0.25) is 0 Å². The second-order valence-corrected chi connectivity index (χ2v) is 4.22. The zero-order valence-corrected chi connectivity index (χ0v) is 11.2. The fourth-order valence-corrected chi connectivity index (χ4v) is 1.61. The molecule has 0 unspecified atom stereocenters. The summed E-state index contributed by atoms with van der Waals surface area (Å²) >= 11 is 5.63. The van der Waals surface area contributed by atoms with Crippen molar-refractivity contribution in [1.82, 2.24) is 4.98 Å². The zero-order valence-electron chi connectivity index (χ0n) is 10.5. The van der Waals surface area contributed by atoms with Gasteiger partial charge in [-0.15, -0.1) is 0 Å². The van der Waals surface area contributed by atoms with Crippen LogP contribution in [0.25, 0.3) is 0 Å². The number of amides is 2. The quantitative estimate of drug-likeness (QED) is 0.852. The third-order valence-corrected chi connectivity index (χ3v) is 2.57. The van der Waals surface area contributed by atoms with E-state index in [2.05, 4.69) is 15.6 Å². The van der Waals surface area contributed by atoms with Gasteiger partial charge in [0, 0.05) is 17.8 Å². The molecule has 1 aromatic carbocycles. The number of pyridine rings is 1. The number of methoxy groups -OCH3 is 1. The molecule has 0 bridgehead atoms. The standard InChI is InChI=1S/C13H11ClFN3O2/c1-20-11-5-8(15)4-10(6-11)18-13(19)17-9-2-3-12(14)16-7-9/h2-7H,1H3,(H2,17,18,19). The van der Waals surface area contributed by atoms with Crippen LogP contribution in [0.4, 0.5) is 20.6 Å². The molecule has 2 aromatic rings. The number of ether oxygens (including phenoxy) is 1. The Kier molecular flexibility index (Phi) is 4.37. The average molecular weight is 296 g/mol. The van der Waals surface area contributed by atoms with E-state index in [-0.39, 0.29) is 5.69 Å². The molecule has 104 valence electrons. The van der Waals surface area contributed by atoms with Gasteiger partial charge in [0.1, 0.15) is 16.7 Å². The van der Waals surface area contributed by atoms with Crippen molar-refractivity contribution in [1.29, 1.82) is 0 Å². The lowest BCUT2D eigenvalue weighted by Crippen LogP contribution is -2.19. The molecule has 20 heavy (non-hydrogen) atoms. The normalized spacial score (nSPS) is 9.95. The topological polar surface area (TPSA) is 63.2 Å². The van der Waals surface area contributed by atoms with E-state index in [4.69, 9.17) is 16.3 Å². The highest BCUT2D eigenvalue weighted by atomic mass is 35.5. The molecule has 0 atom stereocenters. The lowest BCUT2D eigenvalue weighted by molar-refractivity contribution is 0.262. The van der Waals surface area contributed by atoms with Crippen LogP contribution in [0.5, 0.6) is 5.75 Å². The minimum Gasteiger partial charge on any atom is -0.497 e. The number of anilines is 2. The molecular formula is C13H11ClFN3O2. The minimum atomic E-state index is -0.526. The average Bonchev–Trinajstić information content (AvgIpc) is 2.40. The van der Waals surface area contributed by atoms with Crippen molar-refractivity contribution in [3.63, 3.8) is 0 Å². The van der Waals surface area contributed by atoms with Gasteiger partial charge in [0.05, 0.1) is 19.0 Å². The summed E-state index contributed by atoms with van der Waals surface area (Å²) in [6.45, 7) is 0. The van der Waals surface area contributed by atoms with Crippen LogP contribution in [-0.2, 0) is 0 Å². The smallest absolute Gasteiger partial charge is 0.323 e. The lowest BCUT2D eigenvalue weighted by atomic mass is 10.3. The van der Waals surface area contributed by atoms with Gasteiger partial charge in [-0.05, 0) is 18.2 Å². The first-order valence-corrected chi connectivity index (χ1v) is 5.99. The van der Waals surface area contributed by atoms with Crippen molar-refractivity contribution in [2.24, 2.45) is 0 Å². The van der Waals surface area contributed by atoms with Crippen molar-refractivity contribution in [2.75, 3.05) is 17.7 Å². The van der Waals surface area contributed by atoms with Crippen molar-refractivity contribution in [2.45, 2.75) is 0 Å². The molecule has 5 nitrogen and oxygen atoms in total. The van der Waals surface area contributed by atoms with E-state index in [0.29, 0.717) is 16.6 Å². The summed E-state index contributed by atoms with van der Waals surface area (Å²) in [5.74, 6) is -0.193. The van der Waals surface area contributed by atoms with Crippen LogP contribution in [-0.4, -0.2) is 18.1 Å². The highest BCUT2D eigenvalue weighted by molar-refractivity contribution is 6.29. The van der Waals surface area contributed by atoms with Gasteiger partial charge in [0.15, 0.2) is 0 Å². The molecule has 1 aromatic heterocycles. The van der Waals surface area contributed by atoms with E-state index in [0.717, 1.165) is 0 Å². The van der Waals surface area contributed by atoms with E-state index in [1.165, 1.54) is 31.5 Å². The second kappa shape index (κ2) is 6.21. The zero-order chi connectivity index (χ0) is 14.5. The van der Waals surface area contributed by atoms with E-state index in [1.807, 2.05) is 0 Å². The number of benzene rings is 1. The molecule has 0 spiro atoms. The molecule has 7 heteroatoms. The second-order valence-electron chi connectivity index (χ2n) is 3.83. The summed E-state index contributed by atoms with van der Waals surface area (Å²) < 4.78 is 18.2. The van der Waals surface area contributed by atoms with Gasteiger partial charge in [0.25, 0.3) is 0 Å². The van der Waals surface area contributed by atoms with Crippen LogP contribution < -0.4 is 15.4 Å². The summed E-state index contributed by atoms with van der Waals surface area (Å²) in [6.07, 6.45) is 1.41. The van der Waals surface area contributed by atoms with E-state index in [9.17, 15) is 9.18 Å². The molecule has 2 rings (SSSR count). The Bertz CT molecular complexity index is 620. The van der Waals surface area contributed by atoms with Gasteiger partial charge in [-0.25, -0.2) is 14.2 Å². The van der Waals surface area contributed by atoms with Crippen LogP contribution in [0.15, 0.2) is 36.5 Å². The minimum absolute atomic E-state index is 0.279. The Hall–Kier alpha value is -2.34. The van der Waals surface area contributed by atoms with E-state index >= 15 is 0 Å². The summed E-state index contributed by atoms with van der Waals surface area (Å²) in [7, 11) is 1.41. The number of urea groups is 1. The highest BCUT2D eigenvalue weighted by Gasteiger charge is 2.06. The number of carbonyl (C=O) groups is 1. The van der Waals surface area contributed by atoms with Crippen LogP contribution in [0.3, 0.4) is 0 Å².